The molecular weight excluding hydrogens is 328 g/mol. The van der Waals surface area contributed by atoms with Crippen molar-refractivity contribution in [3.8, 4) is 0 Å². The average Bonchev–Trinajstić information content (AvgIpc) is 2.97. The first-order chi connectivity index (χ1) is 12.5. The number of amides is 1. The van der Waals surface area contributed by atoms with Gasteiger partial charge in [-0.1, -0.05) is 20.8 Å². The van der Waals surface area contributed by atoms with Crippen molar-refractivity contribution in [2.75, 3.05) is 18.4 Å². The van der Waals surface area contributed by atoms with Gasteiger partial charge in [0.15, 0.2) is 5.65 Å². The third-order valence-electron chi connectivity index (χ3n) is 4.88. The van der Waals surface area contributed by atoms with Gasteiger partial charge >= 0.3 is 0 Å². The van der Waals surface area contributed by atoms with Crippen LogP contribution in [-0.4, -0.2) is 49.7 Å². The number of anilines is 1. The van der Waals surface area contributed by atoms with Gasteiger partial charge in [-0.2, -0.15) is 5.10 Å². The lowest BCUT2D eigenvalue weighted by Crippen LogP contribution is -2.42. The number of carbonyl (C=O) groups excluding carboxylic acids is 1. The van der Waals surface area contributed by atoms with E-state index in [4.69, 9.17) is 4.98 Å². The van der Waals surface area contributed by atoms with Crippen molar-refractivity contribution in [2.24, 2.45) is 13.0 Å². The van der Waals surface area contributed by atoms with Crippen molar-refractivity contribution in [2.45, 2.75) is 58.9 Å². The van der Waals surface area contributed by atoms with Crippen LogP contribution in [0.4, 0.5) is 5.82 Å². The number of fused-ring (bicyclic) bond motifs is 1. The van der Waals surface area contributed by atoms with Crippen LogP contribution in [0.25, 0.3) is 11.0 Å². The summed E-state index contributed by atoms with van der Waals surface area (Å²) in [6.07, 6.45) is 6.23. The van der Waals surface area contributed by atoms with Crippen molar-refractivity contribution in [3.63, 3.8) is 0 Å². The highest BCUT2D eigenvalue weighted by Gasteiger charge is 2.24. The smallest absolute Gasteiger partial charge is 0.222 e. The molecule has 1 aliphatic rings. The molecule has 0 atom stereocenters. The highest BCUT2D eigenvalue weighted by atomic mass is 16.2. The van der Waals surface area contributed by atoms with E-state index in [0.717, 1.165) is 61.4 Å². The fourth-order valence-electron chi connectivity index (χ4n) is 3.46. The second-order valence-electron chi connectivity index (χ2n) is 7.64. The predicted molar refractivity (Wildman–Crippen MR) is 103 cm³/mol. The molecule has 7 heteroatoms. The molecular formula is C19H30N6O. The summed E-state index contributed by atoms with van der Waals surface area (Å²) in [7, 11) is 1.91. The molecule has 3 heterocycles. The molecule has 1 saturated heterocycles. The van der Waals surface area contributed by atoms with Crippen LogP contribution in [0, 0.1) is 5.92 Å². The summed E-state index contributed by atoms with van der Waals surface area (Å²) >= 11 is 0. The third kappa shape index (κ3) is 4.14. The maximum atomic E-state index is 12.2. The Balaban J connectivity index is 1.69. The van der Waals surface area contributed by atoms with Gasteiger partial charge in [0.25, 0.3) is 0 Å². The van der Waals surface area contributed by atoms with Gasteiger partial charge in [0.1, 0.15) is 11.6 Å². The number of nitrogens with one attached hydrogen (secondary N) is 1. The molecule has 0 radical (unpaired) electrons. The zero-order valence-electron chi connectivity index (χ0n) is 16.3. The minimum Gasteiger partial charge on any atom is -0.366 e. The quantitative estimate of drug-likeness (QED) is 0.859. The average molecular weight is 358 g/mol. The first-order valence-corrected chi connectivity index (χ1v) is 9.70. The number of nitrogens with zero attached hydrogens (tertiary/aromatic N) is 5. The van der Waals surface area contributed by atoms with Gasteiger partial charge < -0.3 is 10.2 Å². The van der Waals surface area contributed by atoms with Gasteiger partial charge in [-0.15, -0.1) is 0 Å². The number of hydrogen-bond donors (Lipinski definition) is 1. The number of aryl methyl sites for hydroxylation is 2. The number of hydrogen-bond acceptors (Lipinski definition) is 5. The topological polar surface area (TPSA) is 75.9 Å². The Kier molecular flexibility index (Phi) is 5.74. The summed E-state index contributed by atoms with van der Waals surface area (Å²) in [6, 6.07) is 0.325. The van der Waals surface area contributed by atoms with Crippen LogP contribution in [0.1, 0.15) is 52.3 Å². The molecule has 1 N–H and O–H groups in total. The van der Waals surface area contributed by atoms with E-state index in [-0.39, 0.29) is 5.91 Å². The molecule has 0 saturated carbocycles. The molecule has 7 nitrogen and oxygen atoms in total. The minimum atomic E-state index is 0.278. The van der Waals surface area contributed by atoms with Gasteiger partial charge in [-0.05, 0) is 25.2 Å². The van der Waals surface area contributed by atoms with E-state index in [1.54, 1.807) is 4.68 Å². The van der Waals surface area contributed by atoms with Gasteiger partial charge in [0.2, 0.25) is 5.91 Å². The number of aromatic nitrogens is 4. The molecule has 0 aliphatic carbocycles. The Hall–Kier alpha value is -2.18. The lowest BCUT2D eigenvalue weighted by atomic mass is 10.0. The third-order valence-corrected chi connectivity index (χ3v) is 4.88. The van der Waals surface area contributed by atoms with Crippen molar-refractivity contribution in [1.82, 2.24) is 24.6 Å². The van der Waals surface area contributed by atoms with E-state index < -0.39 is 0 Å². The first kappa shape index (κ1) is 18.6. The van der Waals surface area contributed by atoms with E-state index in [0.29, 0.717) is 18.4 Å². The molecule has 0 bridgehead atoms. The Bertz CT molecular complexity index is 761. The number of rotatable bonds is 6. The fraction of sp³-hybridized carbons (Fsp3) is 0.684. The molecule has 3 rings (SSSR count). The van der Waals surface area contributed by atoms with Crippen LogP contribution in [0.3, 0.4) is 0 Å². The standard InChI is InChI=1S/C19H30N6O/c1-5-6-16-22-18(15-12-20-24(4)19(15)23-16)21-14-7-9-25(10-8-14)17(26)11-13(2)3/h12-14H,5-11H2,1-4H3,(H,21,22,23). The van der Waals surface area contributed by atoms with Crippen molar-refractivity contribution in [1.29, 1.82) is 0 Å². The number of likely N-dealkylation sites (tertiary alicyclic amines) is 1. The summed E-state index contributed by atoms with van der Waals surface area (Å²) in [5.74, 6) is 2.42. The molecule has 0 unspecified atom stereocenters. The first-order valence-electron chi connectivity index (χ1n) is 9.70. The van der Waals surface area contributed by atoms with Crippen LogP contribution < -0.4 is 5.32 Å². The summed E-state index contributed by atoms with van der Waals surface area (Å²) in [5.41, 5.74) is 0.871. The lowest BCUT2D eigenvalue weighted by Gasteiger charge is -2.33. The van der Waals surface area contributed by atoms with Gasteiger partial charge in [0, 0.05) is 39.0 Å². The molecule has 0 aromatic carbocycles. The van der Waals surface area contributed by atoms with Crippen LogP contribution in [0.15, 0.2) is 6.20 Å². The normalized spacial score (nSPS) is 15.8. The van der Waals surface area contributed by atoms with E-state index in [2.05, 4.69) is 36.2 Å². The zero-order chi connectivity index (χ0) is 18.7. The minimum absolute atomic E-state index is 0.278. The predicted octanol–water partition coefficient (Wildman–Crippen LogP) is 2.76. The van der Waals surface area contributed by atoms with Gasteiger partial charge in [0.05, 0.1) is 11.6 Å². The molecule has 1 aliphatic heterocycles. The highest BCUT2D eigenvalue weighted by molar-refractivity contribution is 5.86. The van der Waals surface area contributed by atoms with Gasteiger partial charge in [-0.25, -0.2) is 9.97 Å². The molecule has 0 spiro atoms. The van der Waals surface area contributed by atoms with E-state index in [1.807, 2.05) is 18.1 Å². The number of carbonyl (C=O) groups is 1. The molecule has 1 amide bonds. The van der Waals surface area contributed by atoms with Crippen molar-refractivity contribution >= 4 is 22.8 Å². The Morgan fingerprint density at radius 2 is 2.04 bits per heavy atom. The molecule has 1 fully saturated rings. The largest absolute Gasteiger partial charge is 0.366 e. The summed E-state index contributed by atoms with van der Waals surface area (Å²) in [5, 5.41) is 8.89. The SMILES string of the molecule is CCCc1nc(NC2CCN(C(=O)CC(C)C)CC2)c2cnn(C)c2n1. The number of piperidine rings is 1. The van der Waals surface area contributed by atoms with Crippen LogP contribution in [0.2, 0.25) is 0 Å². The highest BCUT2D eigenvalue weighted by Crippen LogP contribution is 2.23. The maximum absolute atomic E-state index is 12.2. The lowest BCUT2D eigenvalue weighted by molar-refractivity contribution is -0.132. The molecule has 142 valence electrons. The zero-order valence-corrected chi connectivity index (χ0v) is 16.3. The monoisotopic (exact) mass is 358 g/mol. The summed E-state index contributed by atoms with van der Waals surface area (Å²) in [6.45, 7) is 7.94. The van der Waals surface area contributed by atoms with Crippen LogP contribution in [0.5, 0.6) is 0 Å². The molecule has 2 aromatic heterocycles. The Morgan fingerprint density at radius 3 is 2.69 bits per heavy atom. The van der Waals surface area contributed by atoms with E-state index >= 15 is 0 Å². The maximum Gasteiger partial charge on any atom is 0.222 e. The van der Waals surface area contributed by atoms with Crippen LogP contribution in [-0.2, 0) is 18.3 Å². The summed E-state index contributed by atoms with van der Waals surface area (Å²) < 4.78 is 1.80. The summed E-state index contributed by atoms with van der Waals surface area (Å²) in [4.78, 5) is 23.6. The van der Waals surface area contributed by atoms with Crippen molar-refractivity contribution < 1.29 is 4.79 Å². The second kappa shape index (κ2) is 8.01. The fourth-order valence-corrected chi connectivity index (χ4v) is 3.46. The Morgan fingerprint density at radius 1 is 1.31 bits per heavy atom. The molecule has 2 aromatic rings. The van der Waals surface area contributed by atoms with E-state index in [1.165, 1.54) is 0 Å². The second-order valence-corrected chi connectivity index (χ2v) is 7.64. The van der Waals surface area contributed by atoms with Gasteiger partial charge in [-0.3, -0.25) is 9.48 Å². The Labute approximate surface area is 155 Å². The van der Waals surface area contributed by atoms with E-state index in [9.17, 15) is 4.79 Å². The molecule has 26 heavy (non-hydrogen) atoms. The van der Waals surface area contributed by atoms with Crippen LogP contribution >= 0.6 is 0 Å². The van der Waals surface area contributed by atoms with Crippen molar-refractivity contribution in [3.05, 3.63) is 12.0 Å².